The topological polar surface area (TPSA) is 12.0 Å². The highest BCUT2D eigenvalue weighted by Crippen LogP contribution is 2.31. The summed E-state index contributed by atoms with van der Waals surface area (Å²) in [5, 5.41) is 3.15. The van der Waals surface area contributed by atoms with Gasteiger partial charge in [0.1, 0.15) is 5.82 Å². The summed E-state index contributed by atoms with van der Waals surface area (Å²) in [7, 11) is 1.82. The summed E-state index contributed by atoms with van der Waals surface area (Å²) in [4.78, 5) is 0. The molecule has 0 amide bonds. The standard InChI is InChI=1S/C14H11Br3FN/c1-19-14(8-5-9(15)7-10(16)6-8)11-3-2-4-12(17)13(11)18/h2-7,14,19H,1H3. The minimum absolute atomic E-state index is 0.203. The maximum Gasteiger partial charge on any atom is 0.142 e. The van der Waals surface area contributed by atoms with Gasteiger partial charge in [-0.2, -0.15) is 0 Å². The van der Waals surface area contributed by atoms with E-state index in [2.05, 4.69) is 53.1 Å². The molecule has 0 saturated heterocycles. The van der Waals surface area contributed by atoms with Gasteiger partial charge in [-0.25, -0.2) is 4.39 Å². The largest absolute Gasteiger partial charge is 0.309 e. The second kappa shape index (κ2) is 6.48. The van der Waals surface area contributed by atoms with Crippen LogP contribution in [0.5, 0.6) is 0 Å². The van der Waals surface area contributed by atoms with Crippen molar-refractivity contribution in [2.24, 2.45) is 0 Å². The number of halogens is 4. The van der Waals surface area contributed by atoms with Crippen LogP contribution in [0.4, 0.5) is 4.39 Å². The van der Waals surface area contributed by atoms with Gasteiger partial charge < -0.3 is 5.32 Å². The maximum absolute atomic E-state index is 14.2. The number of hydrogen-bond donors (Lipinski definition) is 1. The zero-order valence-electron chi connectivity index (χ0n) is 10.1. The number of benzene rings is 2. The Labute approximate surface area is 137 Å². The van der Waals surface area contributed by atoms with E-state index in [0.717, 1.165) is 14.5 Å². The van der Waals surface area contributed by atoms with Crippen molar-refractivity contribution in [3.05, 3.63) is 66.8 Å². The number of nitrogens with one attached hydrogen (secondary N) is 1. The van der Waals surface area contributed by atoms with E-state index in [4.69, 9.17) is 0 Å². The van der Waals surface area contributed by atoms with E-state index in [0.29, 0.717) is 10.0 Å². The van der Waals surface area contributed by atoms with E-state index in [1.807, 2.05) is 31.3 Å². The molecular formula is C14H11Br3FN. The first-order chi connectivity index (χ1) is 9.02. The lowest BCUT2D eigenvalue weighted by molar-refractivity contribution is 0.571. The van der Waals surface area contributed by atoms with Gasteiger partial charge in [-0.05, 0) is 52.8 Å². The molecule has 0 heterocycles. The third kappa shape index (κ3) is 3.45. The fourth-order valence-electron chi connectivity index (χ4n) is 1.99. The van der Waals surface area contributed by atoms with Crippen LogP contribution >= 0.6 is 47.8 Å². The smallest absolute Gasteiger partial charge is 0.142 e. The molecule has 0 aliphatic rings. The third-order valence-corrected chi connectivity index (χ3v) is 4.33. The van der Waals surface area contributed by atoms with Crippen molar-refractivity contribution >= 4 is 47.8 Å². The van der Waals surface area contributed by atoms with Gasteiger partial charge in [0.2, 0.25) is 0 Å². The third-order valence-electron chi connectivity index (χ3n) is 2.80. The molecule has 0 spiro atoms. The lowest BCUT2D eigenvalue weighted by Crippen LogP contribution is -2.19. The Morgan fingerprint density at radius 1 is 1.05 bits per heavy atom. The van der Waals surface area contributed by atoms with Crippen LogP contribution in [0.2, 0.25) is 0 Å². The van der Waals surface area contributed by atoms with E-state index in [1.54, 1.807) is 12.1 Å². The van der Waals surface area contributed by atoms with Gasteiger partial charge in [0.15, 0.2) is 0 Å². The average Bonchev–Trinajstić information content (AvgIpc) is 2.34. The second-order valence-electron chi connectivity index (χ2n) is 4.07. The molecule has 0 aliphatic carbocycles. The van der Waals surface area contributed by atoms with Gasteiger partial charge >= 0.3 is 0 Å². The highest BCUT2D eigenvalue weighted by atomic mass is 79.9. The summed E-state index contributed by atoms with van der Waals surface area (Å²) < 4.78 is 16.6. The zero-order valence-corrected chi connectivity index (χ0v) is 14.8. The molecule has 5 heteroatoms. The van der Waals surface area contributed by atoms with Crippen LogP contribution in [0, 0.1) is 5.82 Å². The molecule has 1 nitrogen and oxygen atoms in total. The Morgan fingerprint density at radius 2 is 1.68 bits per heavy atom. The highest BCUT2D eigenvalue weighted by molar-refractivity contribution is 9.11. The van der Waals surface area contributed by atoms with Gasteiger partial charge in [0.05, 0.1) is 10.5 Å². The monoisotopic (exact) mass is 449 g/mol. The first-order valence-electron chi connectivity index (χ1n) is 5.60. The second-order valence-corrected chi connectivity index (χ2v) is 6.75. The van der Waals surface area contributed by atoms with Crippen LogP contribution in [-0.2, 0) is 0 Å². The summed E-state index contributed by atoms with van der Waals surface area (Å²) in [6.45, 7) is 0. The fourth-order valence-corrected chi connectivity index (χ4v) is 3.70. The molecule has 2 rings (SSSR count). The molecule has 0 aromatic heterocycles. The molecular weight excluding hydrogens is 441 g/mol. The molecule has 0 radical (unpaired) electrons. The van der Waals surface area contributed by atoms with Gasteiger partial charge in [-0.3, -0.25) is 0 Å². The summed E-state index contributed by atoms with van der Waals surface area (Å²) in [5.41, 5.74) is 1.60. The fraction of sp³-hybridized carbons (Fsp3) is 0.143. The molecule has 0 aliphatic heterocycles. The Balaban J connectivity index is 2.53. The SMILES string of the molecule is CNC(c1cc(Br)cc(Br)c1)c1cccc(Br)c1F. The Morgan fingerprint density at radius 3 is 2.26 bits per heavy atom. The summed E-state index contributed by atoms with van der Waals surface area (Å²) in [6, 6.07) is 11.0. The summed E-state index contributed by atoms with van der Waals surface area (Å²) in [6.07, 6.45) is 0. The first-order valence-corrected chi connectivity index (χ1v) is 7.98. The van der Waals surface area contributed by atoms with Crippen molar-refractivity contribution in [1.82, 2.24) is 5.32 Å². The molecule has 1 atom stereocenters. The van der Waals surface area contributed by atoms with E-state index < -0.39 is 0 Å². The Bertz CT molecular complexity index is 581. The van der Waals surface area contributed by atoms with Crippen molar-refractivity contribution in [2.45, 2.75) is 6.04 Å². The normalized spacial score (nSPS) is 12.5. The number of rotatable bonds is 3. The highest BCUT2D eigenvalue weighted by Gasteiger charge is 2.18. The van der Waals surface area contributed by atoms with E-state index in [9.17, 15) is 4.39 Å². The minimum Gasteiger partial charge on any atom is -0.309 e. The molecule has 2 aromatic rings. The van der Waals surface area contributed by atoms with Gasteiger partial charge in [-0.15, -0.1) is 0 Å². The Hall–Kier alpha value is -0.230. The molecule has 0 fully saturated rings. The summed E-state index contributed by atoms with van der Waals surface area (Å²) in [5.74, 6) is -0.238. The van der Waals surface area contributed by atoms with E-state index in [-0.39, 0.29) is 11.9 Å². The van der Waals surface area contributed by atoms with Crippen molar-refractivity contribution in [1.29, 1.82) is 0 Å². The number of hydrogen-bond acceptors (Lipinski definition) is 1. The van der Waals surface area contributed by atoms with E-state index >= 15 is 0 Å². The van der Waals surface area contributed by atoms with Gasteiger partial charge in [-0.1, -0.05) is 44.0 Å². The van der Waals surface area contributed by atoms with Crippen LogP contribution < -0.4 is 5.32 Å². The molecule has 1 N–H and O–H groups in total. The van der Waals surface area contributed by atoms with Gasteiger partial charge in [0, 0.05) is 14.5 Å². The van der Waals surface area contributed by atoms with Crippen LogP contribution in [0.15, 0.2) is 49.8 Å². The predicted molar refractivity (Wildman–Crippen MR) is 86.8 cm³/mol. The van der Waals surface area contributed by atoms with Crippen molar-refractivity contribution < 1.29 is 4.39 Å². The van der Waals surface area contributed by atoms with Crippen LogP contribution in [0.3, 0.4) is 0 Å². The zero-order chi connectivity index (χ0) is 14.0. The lowest BCUT2D eigenvalue weighted by Gasteiger charge is -2.19. The van der Waals surface area contributed by atoms with Crippen molar-refractivity contribution in [2.75, 3.05) is 7.05 Å². The molecule has 100 valence electrons. The lowest BCUT2D eigenvalue weighted by atomic mass is 9.98. The molecule has 1 unspecified atom stereocenters. The summed E-state index contributed by atoms with van der Waals surface area (Å²) >= 11 is 10.1. The molecule has 0 saturated carbocycles. The Kier molecular flexibility index (Phi) is 5.17. The first kappa shape index (κ1) is 15.2. The minimum atomic E-state index is -0.238. The van der Waals surface area contributed by atoms with Crippen molar-refractivity contribution in [3.8, 4) is 0 Å². The average molecular weight is 452 g/mol. The molecule has 0 bridgehead atoms. The van der Waals surface area contributed by atoms with Gasteiger partial charge in [0.25, 0.3) is 0 Å². The predicted octanol–water partition coefficient (Wildman–Crippen LogP) is 5.42. The molecule has 19 heavy (non-hydrogen) atoms. The maximum atomic E-state index is 14.2. The van der Waals surface area contributed by atoms with Crippen LogP contribution in [-0.4, -0.2) is 7.05 Å². The molecule has 2 aromatic carbocycles. The van der Waals surface area contributed by atoms with E-state index in [1.165, 1.54) is 0 Å². The van der Waals surface area contributed by atoms with Crippen LogP contribution in [0.25, 0.3) is 0 Å². The van der Waals surface area contributed by atoms with Crippen molar-refractivity contribution in [3.63, 3.8) is 0 Å². The van der Waals surface area contributed by atoms with Crippen LogP contribution in [0.1, 0.15) is 17.2 Å². The quantitative estimate of drug-likeness (QED) is 0.656.